The molecule has 4 rings (SSSR count). The molecule has 2 saturated heterocycles. The Morgan fingerprint density at radius 3 is 2.52 bits per heavy atom. The van der Waals surface area contributed by atoms with Crippen LogP contribution >= 0.6 is 12.4 Å². The predicted octanol–water partition coefficient (Wildman–Crippen LogP) is 3.56. The zero-order valence-electron chi connectivity index (χ0n) is 15.0. The first-order chi connectivity index (χ1) is 12.4. The van der Waals surface area contributed by atoms with Crippen LogP contribution in [0.1, 0.15) is 29.5 Å². The van der Waals surface area contributed by atoms with E-state index in [1.165, 1.54) is 25.0 Å². The minimum atomic E-state index is -4.29. The Morgan fingerprint density at radius 2 is 1.85 bits per heavy atom. The minimum absolute atomic E-state index is 0. The number of hydrogen-bond donors (Lipinski definition) is 1. The van der Waals surface area contributed by atoms with Gasteiger partial charge in [-0.1, -0.05) is 12.1 Å². The molecule has 2 aliphatic rings. The first-order valence-corrected chi connectivity index (χ1v) is 9.03. The predicted molar refractivity (Wildman–Crippen MR) is 99.8 cm³/mol. The number of rotatable bonds is 4. The molecule has 1 atom stereocenters. The fraction of sp³-hybridized carbons (Fsp3) is 0.526. The van der Waals surface area contributed by atoms with Crippen LogP contribution in [0.4, 0.5) is 13.2 Å². The molecule has 1 aromatic heterocycles. The van der Waals surface area contributed by atoms with Crippen molar-refractivity contribution in [3.8, 4) is 0 Å². The Morgan fingerprint density at radius 1 is 1.07 bits per heavy atom. The normalized spacial score (nSPS) is 23.1. The molecule has 148 valence electrons. The summed E-state index contributed by atoms with van der Waals surface area (Å²) in [7, 11) is 0. The molecule has 0 bridgehead atoms. The highest BCUT2D eigenvalue weighted by Gasteiger charge is 2.40. The summed E-state index contributed by atoms with van der Waals surface area (Å²) in [5, 5.41) is 7.84. The van der Waals surface area contributed by atoms with Gasteiger partial charge in [-0.2, -0.15) is 18.3 Å². The summed E-state index contributed by atoms with van der Waals surface area (Å²) in [5.41, 5.74) is 1.80. The van der Waals surface area contributed by atoms with Gasteiger partial charge >= 0.3 is 6.18 Å². The van der Waals surface area contributed by atoms with Gasteiger partial charge in [0, 0.05) is 31.4 Å². The van der Waals surface area contributed by atoms with E-state index in [4.69, 9.17) is 0 Å². The lowest BCUT2D eigenvalue weighted by Crippen LogP contribution is -2.28. The van der Waals surface area contributed by atoms with Crippen molar-refractivity contribution in [2.24, 2.45) is 5.41 Å². The number of alkyl halides is 3. The van der Waals surface area contributed by atoms with Gasteiger partial charge in [0.2, 0.25) is 0 Å². The van der Waals surface area contributed by atoms with Crippen LogP contribution in [0.15, 0.2) is 36.7 Å². The van der Waals surface area contributed by atoms with Crippen molar-refractivity contribution in [2.75, 3.05) is 26.2 Å². The number of hydrogen-bond acceptors (Lipinski definition) is 3. The number of nitrogens with one attached hydrogen (secondary N) is 1. The molecule has 27 heavy (non-hydrogen) atoms. The standard InChI is InChI=1S/C19H23F3N4.ClH/c20-19(21,22)17-3-1-15(2-4-17)11-26-12-16(9-24-26)10-25-8-6-18(14-25)5-7-23-13-18;/h1-4,9,12,23H,5-8,10-11,13-14H2;1H. The Bertz CT molecular complexity index is 751. The fourth-order valence-electron chi connectivity index (χ4n) is 4.13. The van der Waals surface area contributed by atoms with E-state index in [9.17, 15) is 13.2 Å². The summed E-state index contributed by atoms with van der Waals surface area (Å²) < 4.78 is 39.7. The monoisotopic (exact) mass is 400 g/mol. The molecule has 8 heteroatoms. The molecular weight excluding hydrogens is 377 g/mol. The second-order valence-electron chi connectivity index (χ2n) is 7.63. The first kappa shape index (κ1) is 20.2. The second-order valence-corrected chi connectivity index (χ2v) is 7.63. The number of aromatic nitrogens is 2. The molecule has 0 amide bonds. The average molecular weight is 401 g/mol. The third-order valence-electron chi connectivity index (χ3n) is 5.57. The number of nitrogens with zero attached hydrogens (tertiary/aromatic N) is 3. The van der Waals surface area contributed by atoms with E-state index in [-0.39, 0.29) is 12.4 Å². The third kappa shape index (κ3) is 4.65. The molecule has 0 aliphatic carbocycles. The van der Waals surface area contributed by atoms with E-state index in [0.717, 1.165) is 56.0 Å². The quantitative estimate of drug-likeness (QED) is 0.852. The van der Waals surface area contributed by atoms with Gasteiger partial charge in [0.15, 0.2) is 0 Å². The topological polar surface area (TPSA) is 33.1 Å². The van der Waals surface area contributed by atoms with Crippen molar-refractivity contribution in [3.05, 3.63) is 53.3 Å². The molecule has 0 saturated carbocycles. The lowest BCUT2D eigenvalue weighted by Gasteiger charge is -2.22. The molecule has 1 aromatic carbocycles. The fourth-order valence-corrected chi connectivity index (χ4v) is 4.13. The SMILES string of the molecule is Cl.FC(F)(F)c1ccc(Cn2cc(CN3CCC4(CCNC4)C3)cn2)cc1. The highest BCUT2D eigenvalue weighted by atomic mass is 35.5. The van der Waals surface area contributed by atoms with Gasteiger partial charge in [-0.15, -0.1) is 12.4 Å². The van der Waals surface area contributed by atoms with E-state index in [2.05, 4.69) is 15.3 Å². The molecule has 0 radical (unpaired) electrons. The van der Waals surface area contributed by atoms with Crippen molar-refractivity contribution >= 4 is 12.4 Å². The number of benzene rings is 1. The average Bonchev–Trinajstić information content (AvgIpc) is 3.32. The van der Waals surface area contributed by atoms with E-state index >= 15 is 0 Å². The molecule has 1 spiro atoms. The van der Waals surface area contributed by atoms with Gasteiger partial charge in [-0.25, -0.2) is 0 Å². The summed E-state index contributed by atoms with van der Waals surface area (Å²) >= 11 is 0. The van der Waals surface area contributed by atoms with Crippen molar-refractivity contribution in [1.29, 1.82) is 0 Å². The van der Waals surface area contributed by atoms with Crippen molar-refractivity contribution < 1.29 is 13.2 Å². The second kappa shape index (κ2) is 7.81. The van der Waals surface area contributed by atoms with Crippen LogP contribution in [0, 0.1) is 5.41 Å². The summed E-state index contributed by atoms with van der Waals surface area (Å²) in [6, 6.07) is 5.28. The largest absolute Gasteiger partial charge is 0.416 e. The maximum absolute atomic E-state index is 12.6. The summed E-state index contributed by atoms with van der Waals surface area (Å²) in [5.74, 6) is 0. The van der Waals surface area contributed by atoms with E-state index < -0.39 is 11.7 Å². The summed E-state index contributed by atoms with van der Waals surface area (Å²) in [6.45, 7) is 5.85. The van der Waals surface area contributed by atoms with Crippen LogP contribution in [-0.4, -0.2) is 40.9 Å². The van der Waals surface area contributed by atoms with Crippen molar-refractivity contribution in [3.63, 3.8) is 0 Å². The Kier molecular flexibility index (Phi) is 5.84. The Labute approximate surface area is 163 Å². The van der Waals surface area contributed by atoms with Crippen molar-refractivity contribution in [1.82, 2.24) is 20.0 Å². The van der Waals surface area contributed by atoms with Crippen LogP contribution in [0.25, 0.3) is 0 Å². The molecule has 3 heterocycles. The van der Waals surface area contributed by atoms with Gasteiger partial charge in [-0.3, -0.25) is 9.58 Å². The van der Waals surface area contributed by atoms with Crippen molar-refractivity contribution in [2.45, 2.75) is 32.1 Å². The number of halogens is 4. The highest BCUT2D eigenvalue weighted by molar-refractivity contribution is 5.85. The molecule has 1 unspecified atom stereocenters. The minimum Gasteiger partial charge on any atom is -0.316 e. The lowest BCUT2D eigenvalue weighted by molar-refractivity contribution is -0.137. The van der Waals surface area contributed by atoms with Gasteiger partial charge in [0.25, 0.3) is 0 Å². The first-order valence-electron chi connectivity index (χ1n) is 9.03. The molecular formula is C19H24ClF3N4. The van der Waals surface area contributed by atoms with Crippen LogP contribution in [0.2, 0.25) is 0 Å². The lowest BCUT2D eigenvalue weighted by atomic mass is 9.87. The maximum atomic E-state index is 12.6. The van der Waals surface area contributed by atoms with Gasteiger partial charge in [0.05, 0.1) is 18.3 Å². The van der Waals surface area contributed by atoms with Gasteiger partial charge in [0.1, 0.15) is 0 Å². The molecule has 2 aromatic rings. The van der Waals surface area contributed by atoms with E-state index in [1.54, 1.807) is 4.68 Å². The van der Waals surface area contributed by atoms with Gasteiger partial charge < -0.3 is 5.32 Å². The van der Waals surface area contributed by atoms with E-state index in [1.807, 2.05) is 12.4 Å². The Hall–Kier alpha value is -1.57. The van der Waals surface area contributed by atoms with Crippen LogP contribution < -0.4 is 5.32 Å². The number of likely N-dealkylation sites (tertiary alicyclic amines) is 1. The third-order valence-corrected chi connectivity index (χ3v) is 5.57. The molecule has 1 N–H and O–H groups in total. The van der Waals surface area contributed by atoms with Crippen LogP contribution in [0.3, 0.4) is 0 Å². The Balaban J connectivity index is 0.00000210. The molecule has 2 fully saturated rings. The maximum Gasteiger partial charge on any atom is 0.416 e. The molecule has 2 aliphatic heterocycles. The summed E-state index contributed by atoms with van der Waals surface area (Å²) in [6.07, 6.45) is 2.08. The highest BCUT2D eigenvalue weighted by Crippen LogP contribution is 2.36. The van der Waals surface area contributed by atoms with Crippen LogP contribution in [-0.2, 0) is 19.3 Å². The molecule has 4 nitrogen and oxygen atoms in total. The zero-order valence-corrected chi connectivity index (χ0v) is 15.8. The summed E-state index contributed by atoms with van der Waals surface area (Å²) in [4.78, 5) is 2.48. The zero-order chi connectivity index (χ0) is 18.2. The van der Waals surface area contributed by atoms with Gasteiger partial charge in [-0.05, 0) is 49.0 Å². The van der Waals surface area contributed by atoms with Crippen LogP contribution in [0.5, 0.6) is 0 Å². The van der Waals surface area contributed by atoms with E-state index in [0.29, 0.717) is 12.0 Å². The smallest absolute Gasteiger partial charge is 0.316 e.